The Hall–Kier alpha value is -7.54. The van der Waals surface area contributed by atoms with Crippen LogP contribution in [0.3, 0.4) is 0 Å². The van der Waals surface area contributed by atoms with Crippen molar-refractivity contribution in [2.45, 2.75) is 87.2 Å². The summed E-state index contributed by atoms with van der Waals surface area (Å²) in [6.07, 6.45) is 5.83. The van der Waals surface area contributed by atoms with Gasteiger partial charge in [0.1, 0.15) is 61.3 Å². The van der Waals surface area contributed by atoms with Gasteiger partial charge in [0, 0.05) is 101 Å². The number of carbonyl (C=O) groups excluding carboxylic acids is 8. The van der Waals surface area contributed by atoms with Gasteiger partial charge in [-0.25, -0.2) is 0 Å². The molecule has 10 rings (SSSR count). The third kappa shape index (κ3) is 51.0. The van der Waals surface area contributed by atoms with Crippen molar-refractivity contribution in [2.24, 2.45) is 20.0 Å². The molecule has 0 bridgehead atoms. The van der Waals surface area contributed by atoms with Crippen LogP contribution in [0.25, 0.3) is 0 Å². The summed E-state index contributed by atoms with van der Waals surface area (Å²) in [4.78, 5) is 100.0. The van der Waals surface area contributed by atoms with Crippen LogP contribution >= 0.6 is 0 Å². The molecule has 8 aromatic rings. The molecule has 820 valence electrons. The average Bonchev–Trinajstić information content (AvgIpc) is 1.65. The zero-order valence-corrected chi connectivity index (χ0v) is 91.7. The third-order valence-electron chi connectivity index (χ3n) is 19.6. The molecule has 2 fully saturated rings. The minimum absolute atomic E-state index is 0. The van der Waals surface area contributed by atoms with Gasteiger partial charge < -0.3 is 172 Å². The summed E-state index contributed by atoms with van der Waals surface area (Å²) in [5.41, 5.74) is -1.97. The first kappa shape index (κ1) is 156. The van der Waals surface area contributed by atoms with Crippen LogP contribution in [0.4, 0.5) is 0 Å². The summed E-state index contributed by atoms with van der Waals surface area (Å²) >= 11 is 0. The van der Waals surface area contributed by atoms with Gasteiger partial charge in [-0.1, -0.05) is 143 Å². The smallest absolute Gasteiger partial charge is 0.872 e. The molecule has 8 aromatic carbocycles. The maximum absolute atomic E-state index is 12.1. The number of carboxylic acids is 2. The number of nitrogens with zero attached hydrogens (tertiary/aromatic N) is 4. The predicted molar refractivity (Wildman–Crippen MR) is 501 cm³/mol. The minimum Gasteiger partial charge on any atom is -0.872 e. The number of aliphatic hydroxyl groups is 18. The van der Waals surface area contributed by atoms with E-state index >= 15 is 0 Å². The van der Waals surface area contributed by atoms with Gasteiger partial charge in [-0.3, -0.25) is 59.4 Å². The number of aldehydes is 6. The molecule has 148 heavy (non-hydrogen) atoms. The third-order valence-corrected chi connectivity index (χ3v) is 19.6. The van der Waals surface area contributed by atoms with E-state index < -0.39 is 171 Å². The number of hydrogen-bond donors (Lipinski definition) is 20. The van der Waals surface area contributed by atoms with Crippen LogP contribution in [-0.2, 0) is 9.47 Å². The Bertz CT molecular complexity index is 4690. The second-order valence-corrected chi connectivity index (χ2v) is 30.3. The van der Waals surface area contributed by atoms with Gasteiger partial charge in [-0.05, 0) is 145 Å². The number of aliphatic imine (C=N–C) groups is 4. The molecule has 20 N–H and O–H groups in total. The van der Waals surface area contributed by atoms with Gasteiger partial charge in [0.2, 0.25) is 0 Å². The normalized spacial score (nSPS) is 13.0. The van der Waals surface area contributed by atoms with E-state index in [4.69, 9.17) is 81.0 Å². The van der Waals surface area contributed by atoms with E-state index in [0.29, 0.717) is 71.1 Å². The first-order valence-corrected chi connectivity index (χ1v) is 42.2. The number of rotatable bonds is 34. The number of nitrogens with one attached hydrogen (secondary N) is 2. The Morgan fingerprint density at radius 2 is 0.486 bits per heavy atom. The number of hydrogen-bond acceptors (Lipinski definition) is 46. The van der Waals surface area contributed by atoms with Crippen molar-refractivity contribution in [3.8, 4) is 34.5 Å². The number of carboxylic acid groups (broad SMARTS) is 2. The number of aliphatic hydroxyl groups excluding tert-OH is 18. The molecule has 46 nitrogen and oxygen atoms in total. The Labute approximate surface area is 983 Å². The van der Waals surface area contributed by atoms with Gasteiger partial charge >= 0.3 is 160 Å². The second-order valence-electron chi connectivity index (χ2n) is 30.3. The van der Waals surface area contributed by atoms with E-state index in [1.807, 2.05) is 0 Å². The number of aryl methyl sites for hydroxylation is 6. The molecule has 0 saturated carbocycles. The van der Waals surface area contributed by atoms with Crippen molar-refractivity contribution in [2.75, 3.05) is 162 Å². The van der Waals surface area contributed by atoms with Crippen LogP contribution in [0.15, 0.2) is 153 Å². The van der Waals surface area contributed by atoms with E-state index in [0.717, 1.165) is 78.6 Å². The quantitative estimate of drug-likeness (QED) is 0.0132. The Morgan fingerprint density at radius 1 is 0.311 bits per heavy atom. The van der Waals surface area contributed by atoms with Gasteiger partial charge in [0.25, 0.3) is 0 Å². The molecule has 0 aliphatic carbocycles. The maximum Gasteiger partial charge on any atom is 3.00 e. The molecule has 4 radical (unpaired) electrons. The zero-order valence-electron chi connectivity index (χ0n) is 82.6. The molecule has 0 amide bonds. The molecule has 0 unspecified atom stereocenters. The first-order chi connectivity index (χ1) is 68.8. The van der Waals surface area contributed by atoms with Crippen molar-refractivity contribution in [1.82, 2.24) is 10.6 Å². The number of benzene rings is 8. The largest absolute Gasteiger partial charge is 3.00 e. The summed E-state index contributed by atoms with van der Waals surface area (Å²) < 4.78 is 10.9. The summed E-state index contributed by atoms with van der Waals surface area (Å²) in [5, 5.41) is 293. The van der Waals surface area contributed by atoms with Gasteiger partial charge in [0.15, 0.2) is 0 Å². The van der Waals surface area contributed by atoms with E-state index in [1.54, 1.807) is 90.1 Å². The Kier molecular flexibility index (Phi) is 90.3. The predicted octanol–water partition coefficient (Wildman–Crippen LogP) is -10.3. The van der Waals surface area contributed by atoms with E-state index in [2.05, 4.69) is 30.6 Å². The van der Waals surface area contributed by atoms with Crippen molar-refractivity contribution in [1.29, 1.82) is 0 Å². The standard InChI is InChI=1S/4C13H17NO5.2C13H15NO5.2C7H6O2.6CH4O.4Gd/c2*1-8-2-9(4-15)11(18)10(3-8)12-14-13(5-16,6-17)7-19-12;4*1-9-2-10(12(19)11(3-9)5-15)4-14-13(6-16,7-17)8-18;2*8-7(9)6-4-2-1-3-5-6;6*1-2;;;;/h2*2-4,12,14,16-18H,5-7H2,1H3;2*2-5,16-19H,6-8H2,1H3;2*2-5,16,19H,6-8H2,1H3;2*1-5H,(H,8,9);6*2H,1H3;;;;/q;;;;2*-2;;;;;;;;;4*+3/p-8/t2*12-;;;;;;;;;;;;;;;;/m10................/s1. The maximum atomic E-state index is 12.1. The second kappa shape index (κ2) is 85.9. The molecule has 2 aliphatic heterocycles. The fraction of sp³-hybridized carbons (Fsp3) is 0.388. The van der Waals surface area contributed by atoms with E-state index in [9.17, 15) is 120 Å². The number of aromatic carboxylic acids is 2. The van der Waals surface area contributed by atoms with Gasteiger partial charge in [0.05, 0.1) is 127 Å². The van der Waals surface area contributed by atoms with Gasteiger partial charge in [-0.15, -0.1) is 26.4 Å². The summed E-state index contributed by atoms with van der Waals surface area (Å²) in [5.74, 6) is -5.05. The van der Waals surface area contributed by atoms with Crippen LogP contribution in [0.2, 0.25) is 0 Å². The Balaban J connectivity index is -0.000000250. The molecule has 0 spiro atoms. The molecular weight excluding hydrogens is 2530 g/mol. The van der Waals surface area contributed by atoms with Crippen LogP contribution in [-0.4, -0.2) is 361 Å². The van der Waals surface area contributed by atoms with Crippen molar-refractivity contribution < 1.29 is 361 Å². The van der Waals surface area contributed by atoms with Crippen LogP contribution in [0.1, 0.15) is 162 Å². The fourth-order valence-corrected chi connectivity index (χ4v) is 11.3. The molecule has 2 atom stereocenters. The molecule has 50 heteroatoms. The van der Waals surface area contributed by atoms with Crippen molar-refractivity contribution in [3.05, 3.63) is 245 Å². The number of ether oxygens (including phenoxy) is 2. The van der Waals surface area contributed by atoms with E-state index in [-0.39, 0.29) is 266 Å². The Morgan fingerprint density at radius 3 is 0.642 bits per heavy atom. The zero-order chi connectivity index (χ0) is 111. The van der Waals surface area contributed by atoms with Crippen molar-refractivity contribution >= 4 is 74.5 Å². The molecule has 0 aromatic heterocycles. The summed E-state index contributed by atoms with van der Waals surface area (Å²) in [6, 6.07) is 34.3. The topological polar surface area (TPSA) is 869 Å². The van der Waals surface area contributed by atoms with E-state index in [1.165, 1.54) is 84.9 Å². The van der Waals surface area contributed by atoms with Crippen molar-refractivity contribution in [3.63, 3.8) is 0 Å². The van der Waals surface area contributed by atoms with Crippen LogP contribution in [0, 0.1) is 201 Å². The monoisotopic (exact) mass is 2660 g/mol. The number of carbonyl (C=O) groups is 8. The molecular formula is C98H126Gd4N6O40. The SMILES string of the molecule is CO.CO.CO.CO.CO.CO.Cc1cc(C=O)c([O-])c(C=NC(CO)(CO)CO)c1.Cc1cc(C=O)c([O-])c(C=NC(CO)(CO)CO)c1.Cc1cc(C=O)c([O-])c(C=NC(C[O-])(C[O-])CO)c1.Cc1cc(C=O)c([O-])c(C=NC(C[O-])(C[O-])CO)c1.Cc1cc(C=O)c([O-])c([C@@H]2NC(CO)(CO)CO2)c1.Cc1cc(C=O)c([O-])c([C@H]2NC(CO)(CO)CO2)c1.O=C([O-])c1ccccc1.O=C([O-])c1ccccc1.[Gd+3].[Gd+3].[Gd+3].[Gd+3]. The van der Waals surface area contributed by atoms with Crippen LogP contribution in [0.5, 0.6) is 34.5 Å². The minimum atomic E-state index is -1.66. The summed E-state index contributed by atoms with van der Waals surface area (Å²) in [7, 11) is 6.00. The molecule has 2 heterocycles. The van der Waals surface area contributed by atoms with Gasteiger partial charge in [-0.2, -0.15) is 0 Å². The summed E-state index contributed by atoms with van der Waals surface area (Å²) in [6.45, 7) is 1.15. The van der Waals surface area contributed by atoms with Crippen LogP contribution < -0.4 is 71.9 Å². The molecule has 2 aliphatic rings. The molecule has 2 saturated heterocycles. The average molecular weight is 2660 g/mol. The fourth-order valence-electron chi connectivity index (χ4n) is 11.3. The first-order valence-electron chi connectivity index (χ1n) is 42.2.